The van der Waals surface area contributed by atoms with Gasteiger partial charge in [-0.1, -0.05) is 29.3 Å². The van der Waals surface area contributed by atoms with Gasteiger partial charge in [-0.25, -0.2) is 0 Å². The molecule has 0 aromatic heterocycles. The lowest BCUT2D eigenvalue weighted by molar-refractivity contribution is 0.780. The molecule has 2 atom stereocenters. The molecule has 0 heterocycles. The molecule has 0 saturated carbocycles. The van der Waals surface area contributed by atoms with Gasteiger partial charge in [0, 0.05) is 0 Å². The Labute approximate surface area is 85.8 Å². The maximum Gasteiger partial charge on any atom is 0.0931 e. The van der Waals surface area contributed by atoms with Crippen molar-refractivity contribution in [2.45, 2.75) is 17.2 Å². The van der Waals surface area contributed by atoms with Crippen molar-refractivity contribution in [1.82, 2.24) is 0 Å². The minimum atomic E-state index is -0.628. The molecule has 0 radical (unpaired) electrons. The molecule has 11 heavy (non-hydrogen) atoms. The van der Waals surface area contributed by atoms with Gasteiger partial charge in [-0.05, 0) is 13.0 Å². The summed E-state index contributed by atoms with van der Waals surface area (Å²) in [4.78, 5) is -0.628. The monoisotopic (exact) mass is 230 g/mol. The van der Waals surface area contributed by atoms with Gasteiger partial charge in [-0.3, -0.25) is 0 Å². The molecule has 0 nitrogen and oxygen atoms in total. The van der Waals surface area contributed by atoms with Crippen LogP contribution in [0.4, 0.5) is 0 Å². The number of halogens is 4. The van der Waals surface area contributed by atoms with Crippen LogP contribution in [0.5, 0.6) is 0 Å². The van der Waals surface area contributed by atoms with Crippen molar-refractivity contribution >= 4 is 46.4 Å². The van der Waals surface area contributed by atoms with Gasteiger partial charge in [0.05, 0.1) is 20.3 Å². The summed E-state index contributed by atoms with van der Waals surface area (Å²) >= 11 is 23.4. The molecular formula is C7H6Cl4. The predicted octanol–water partition coefficient (Wildman–Crippen LogP) is 3.85. The summed E-state index contributed by atoms with van der Waals surface area (Å²) < 4.78 is 0. The highest BCUT2D eigenvalue weighted by molar-refractivity contribution is 6.47. The first-order valence-electron chi connectivity index (χ1n) is 3.02. The predicted molar refractivity (Wildman–Crippen MR) is 51.8 cm³/mol. The second-order valence-electron chi connectivity index (χ2n) is 2.54. The van der Waals surface area contributed by atoms with Crippen molar-refractivity contribution in [3.63, 3.8) is 0 Å². The van der Waals surface area contributed by atoms with Crippen molar-refractivity contribution in [2.75, 3.05) is 0 Å². The Morgan fingerprint density at radius 2 is 2.00 bits per heavy atom. The van der Waals surface area contributed by atoms with E-state index in [1.165, 1.54) is 0 Å². The van der Waals surface area contributed by atoms with E-state index in [9.17, 15) is 0 Å². The molecule has 2 unspecified atom stereocenters. The lowest BCUT2D eigenvalue weighted by Crippen LogP contribution is -2.29. The van der Waals surface area contributed by atoms with Crippen LogP contribution in [0.25, 0.3) is 0 Å². The zero-order chi connectivity index (χ0) is 8.65. The highest BCUT2D eigenvalue weighted by Crippen LogP contribution is 2.39. The third-order valence-electron chi connectivity index (χ3n) is 1.50. The van der Waals surface area contributed by atoms with Gasteiger partial charge in [0.2, 0.25) is 0 Å². The van der Waals surface area contributed by atoms with Gasteiger partial charge in [-0.2, -0.15) is 0 Å². The largest absolute Gasteiger partial charge is 0.115 e. The van der Waals surface area contributed by atoms with Crippen LogP contribution in [-0.2, 0) is 0 Å². The van der Waals surface area contributed by atoms with Crippen LogP contribution < -0.4 is 0 Å². The third kappa shape index (κ3) is 1.86. The highest BCUT2D eigenvalue weighted by Gasteiger charge is 2.34. The molecule has 0 spiro atoms. The van der Waals surface area contributed by atoms with Crippen LogP contribution in [0.15, 0.2) is 22.2 Å². The fourth-order valence-electron chi connectivity index (χ4n) is 0.769. The molecule has 0 fully saturated rings. The van der Waals surface area contributed by atoms with E-state index in [0.29, 0.717) is 10.1 Å². The van der Waals surface area contributed by atoms with E-state index in [-0.39, 0.29) is 0 Å². The van der Waals surface area contributed by atoms with Crippen molar-refractivity contribution in [2.24, 2.45) is 0 Å². The molecule has 0 amide bonds. The summed E-state index contributed by atoms with van der Waals surface area (Å²) in [6, 6.07) is 0. The Balaban J connectivity index is 3.01. The first kappa shape index (κ1) is 9.73. The second kappa shape index (κ2) is 3.18. The fraction of sp³-hybridized carbons (Fsp3) is 0.429. The molecule has 0 bridgehead atoms. The van der Waals surface area contributed by atoms with Gasteiger partial charge in [0.25, 0.3) is 0 Å². The molecule has 0 aromatic rings. The summed E-state index contributed by atoms with van der Waals surface area (Å²) in [7, 11) is 0. The van der Waals surface area contributed by atoms with Gasteiger partial charge in [0.1, 0.15) is 0 Å². The minimum absolute atomic E-state index is 0.410. The van der Waals surface area contributed by atoms with E-state index in [2.05, 4.69) is 0 Å². The lowest BCUT2D eigenvalue weighted by Gasteiger charge is -2.27. The number of hydrogen-bond donors (Lipinski definition) is 0. The molecule has 0 aliphatic heterocycles. The third-order valence-corrected chi connectivity index (χ3v) is 3.59. The molecule has 4 heteroatoms. The summed E-state index contributed by atoms with van der Waals surface area (Å²) in [5.74, 6) is 0. The Hall–Kier alpha value is 0.640. The van der Waals surface area contributed by atoms with Gasteiger partial charge < -0.3 is 0 Å². The number of alkyl halides is 2. The SMILES string of the molecule is CC1(Cl)C=CC(Cl)=C(Cl)C1Cl. The molecule has 0 saturated heterocycles. The number of rotatable bonds is 0. The van der Waals surface area contributed by atoms with Crippen molar-refractivity contribution in [3.8, 4) is 0 Å². The van der Waals surface area contributed by atoms with E-state index < -0.39 is 10.3 Å². The maximum absolute atomic E-state index is 5.99. The molecule has 1 aliphatic rings. The fourth-order valence-corrected chi connectivity index (χ4v) is 1.70. The van der Waals surface area contributed by atoms with Gasteiger partial charge >= 0.3 is 0 Å². The molecule has 0 aromatic carbocycles. The van der Waals surface area contributed by atoms with Crippen molar-refractivity contribution < 1.29 is 0 Å². The normalized spacial score (nSPS) is 38.1. The second-order valence-corrected chi connectivity index (χ2v) is 4.61. The van der Waals surface area contributed by atoms with E-state index in [1.807, 2.05) is 0 Å². The van der Waals surface area contributed by atoms with E-state index >= 15 is 0 Å². The van der Waals surface area contributed by atoms with Crippen LogP contribution in [0.1, 0.15) is 6.92 Å². The van der Waals surface area contributed by atoms with Gasteiger partial charge in [0.15, 0.2) is 0 Å². The zero-order valence-corrected chi connectivity index (χ0v) is 8.77. The summed E-state index contributed by atoms with van der Waals surface area (Å²) in [5.41, 5.74) is 0. The molecule has 62 valence electrons. The quantitative estimate of drug-likeness (QED) is 0.556. The molecule has 0 N–H and O–H groups in total. The molecular weight excluding hydrogens is 226 g/mol. The first-order chi connectivity index (χ1) is 4.95. The van der Waals surface area contributed by atoms with Gasteiger partial charge in [-0.15, -0.1) is 23.2 Å². The van der Waals surface area contributed by atoms with E-state index in [0.717, 1.165) is 0 Å². The summed E-state index contributed by atoms with van der Waals surface area (Å²) in [5, 5.41) is 0.432. The Bertz CT molecular complexity index is 227. The van der Waals surface area contributed by atoms with Crippen LogP contribution in [-0.4, -0.2) is 10.3 Å². The summed E-state index contributed by atoms with van der Waals surface area (Å²) in [6.45, 7) is 1.79. The van der Waals surface area contributed by atoms with Crippen LogP contribution in [0.3, 0.4) is 0 Å². The van der Waals surface area contributed by atoms with Crippen LogP contribution in [0.2, 0.25) is 0 Å². The Morgan fingerprint density at radius 1 is 1.45 bits per heavy atom. The average molecular weight is 232 g/mol. The first-order valence-corrected chi connectivity index (χ1v) is 4.59. The van der Waals surface area contributed by atoms with E-state index in [1.54, 1.807) is 19.1 Å². The smallest absolute Gasteiger partial charge is 0.0931 e. The van der Waals surface area contributed by atoms with E-state index in [4.69, 9.17) is 46.4 Å². The topological polar surface area (TPSA) is 0 Å². The Kier molecular flexibility index (Phi) is 2.81. The van der Waals surface area contributed by atoms with Crippen LogP contribution in [0, 0.1) is 0 Å². The standard InChI is InChI=1S/C7H6Cl4/c1-7(11)3-2-4(8)5(9)6(7)10/h2-3,6H,1H3. The molecule has 1 aliphatic carbocycles. The lowest BCUT2D eigenvalue weighted by atomic mass is 10.0. The Morgan fingerprint density at radius 3 is 2.45 bits per heavy atom. The van der Waals surface area contributed by atoms with Crippen LogP contribution >= 0.6 is 46.4 Å². The van der Waals surface area contributed by atoms with Crippen molar-refractivity contribution in [1.29, 1.82) is 0 Å². The average Bonchev–Trinajstić information content (AvgIpc) is 1.95. The number of allylic oxidation sites excluding steroid dienone is 4. The molecule has 1 rings (SSSR count). The zero-order valence-electron chi connectivity index (χ0n) is 5.74. The highest BCUT2D eigenvalue weighted by atomic mass is 35.5. The van der Waals surface area contributed by atoms with Crippen molar-refractivity contribution in [3.05, 3.63) is 22.2 Å². The minimum Gasteiger partial charge on any atom is -0.115 e. The maximum atomic E-state index is 5.99. The number of hydrogen-bond acceptors (Lipinski definition) is 0. The summed E-state index contributed by atoms with van der Waals surface area (Å²) in [6.07, 6.45) is 3.40.